The summed E-state index contributed by atoms with van der Waals surface area (Å²) in [7, 11) is 0. The highest BCUT2D eigenvalue weighted by atomic mass is 15.1. The molecule has 9 aromatic rings. The topological polar surface area (TPSA) is 43.6 Å². The van der Waals surface area contributed by atoms with Crippen LogP contribution >= 0.6 is 0 Å². The van der Waals surface area contributed by atoms with Gasteiger partial charge in [0, 0.05) is 33.8 Å². The Morgan fingerprint density at radius 2 is 1.06 bits per heavy atom. The van der Waals surface area contributed by atoms with Crippen LogP contribution in [0.5, 0.6) is 0 Å². The molecule has 2 aromatic heterocycles. The fraction of sp³-hybridized carbons (Fsp3) is 0. The van der Waals surface area contributed by atoms with E-state index in [2.05, 4.69) is 138 Å². The van der Waals surface area contributed by atoms with E-state index >= 15 is 0 Å². The molecule has 220 valence electrons. The lowest BCUT2D eigenvalue weighted by Gasteiger charge is -2.12. The number of benzene rings is 7. The summed E-state index contributed by atoms with van der Waals surface area (Å²) in [4.78, 5) is 14.9. The van der Waals surface area contributed by atoms with Gasteiger partial charge < -0.3 is 0 Å². The van der Waals surface area contributed by atoms with E-state index in [9.17, 15) is 0 Å². The van der Waals surface area contributed by atoms with E-state index in [0.717, 1.165) is 83.4 Å². The molecule has 0 aliphatic rings. The van der Waals surface area contributed by atoms with Crippen LogP contribution in [-0.2, 0) is 0 Å². The highest BCUT2D eigenvalue weighted by molar-refractivity contribution is 6.12. The number of nitrogens with zero attached hydrogens (tertiary/aromatic N) is 4. The average molecular weight is 601 g/mol. The first-order valence-corrected chi connectivity index (χ1v) is 15.8. The Kier molecular flexibility index (Phi) is 6.43. The van der Waals surface area contributed by atoms with Gasteiger partial charge in [0.25, 0.3) is 0 Å². The van der Waals surface area contributed by atoms with Crippen molar-refractivity contribution in [1.29, 1.82) is 0 Å². The first kappa shape index (κ1) is 27.0. The standard InChI is InChI=1S/C43H28N4/c1-3-11-32(12-4-1)42-44-28-38-37(27-34-13-7-8-16-36(34)41(38)46-42)31-23-19-29(20-24-31)30-21-25-33(26-22-30)43-45-39-17-9-10-18-40(39)47(43)35-14-5-2-6-15-35/h1-28H. The molecule has 4 heteroatoms. The van der Waals surface area contributed by atoms with Crippen molar-refractivity contribution >= 4 is 32.7 Å². The van der Waals surface area contributed by atoms with Gasteiger partial charge >= 0.3 is 0 Å². The number of rotatable bonds is 5. The maximum atomic E-state index is 5.08. The SMILES string of the molecule is c1ccc(-c2ncc3c(-c4ccc(-c5ccc(-c6nc7ccccc7n6-c6ccccc6)cc5)cc4)cc4ccccc4c3n2)cc1. The largest absolute Gasteiger partial charge is 0.292 e. The van der Waals surface area contributed by atoms with Gasteiger partial charge in [-0.05, 0) is 58.0 Å². The van der Waals surface area contributed by atoms with Crippen LogP contribution in [0.1, 0.15) is 0 Å². The summed E-state index contributed by atoms with van der Waals surface area (Å²) in [5.41, 5.74) is 10.8. The van der Waals surface area contributed by atoms with Crippen LogP contribution in [-0.4, -0.2) is 19.5 Å². The number of para-hydroxylation sites is 3. The maximum Gasteiger partial charge on any atom is 0.159 e. The van der Waals surface area contributed by atoms with E-state index < -0.39 is 0 Å². The van der Waals surface area contributed by atoms with Crippen LogP contribution in [0.25, 0.3) is 83.4 Å². The summed E-state index contributed by atoms with van der Waals surface area (Å²) < 4.78 is 2.24. The molecule has 0 N–H and O–H groups in total. The van der Waals surface area contributed by atoms with Crippen molar-refractivity contribution in [3.8, 4) is 50.7 Å². The first-order chi connectivity index (χ1) is 23.3. The molecule has 0 bridgehead atoms. The van der Waals surface area contributed by atoms with Crippen LogP contribution in [0.15, 0.2) is 170 Å². The van der Waals surface area contributed by atoms with Gasteiger partial charge in [0.15, 0.2) is 5.82 Å². The zero-order chi connectivity index (χ0) is 31.2. The Morgan fingerprint density at radius 3 is 1.83 bits per heavy atom. The number of hydrogen-bond acceptors (Lipinski definition) is 3. The van der Waals surface area contributed by atoms with E-state index in [1.165, 1.54) is 0 Å². The summed E-state index contributed by atoms with van der Waals surface area (Å²) in [5.74, 6) is 1.67. The normalized spacial score (nSPS) is 11.4. The highest BCUT2D eigenvalue weighted by Gasteiger charge is 2.15. The Hall–Kier alpha value is -6.39. The molecular formula is C43H28N4. The van der Waals surface area contributed by atoms with Gasteiger partial charge in [-0.25, -0.2) is 15.0 Å². The van der Waals surface area contributed by atoms with Crippen molar-refractivity contribution in [3.63, 3.8) is 0 Å². The van der Waals surface area contributed by atoms with Crippen molar-refractivity contribution < 1.29 is 0 Å². The lowest BCUT2D eigenvalue weighted by molar-refractivity contribution is 1.10. The minimum absolute atomic E-state index is 0.735. The molecule has 0 saturated carbocycles. The molecule has 0 aliphatic carbocycles. The molecule has 0 unspecified atom stereocenters. The summed E-state index contributed by atoms with van der Waals surface area (Å²) in [6, 6.07) is 57.1. The molecule has 0 radical (unpaired) electrons. The second-order valence-corrected chi connectivity index (χ2v) is 11.7. The van der Waals surface area contributed by atoms with Gasteiger partial charge in [-0.3, -0.25) is 4.57 Å². The number of hydrogen-bond donors (Lipinski definition) is 0. The fourth-order valence-electron chi connectivity index (χ4n) is 6.53. The third kappa shape index (κ3) is 4.75. The molecule has 0 spiro atoms. The third-order valence-electron chi connectivity index (χ3n) is 8.87. The second-order valence-electron chi connectivity index (χ2n) is 11.7. The van der Waals surface area contributed by atoms with Gasteiger partial charge in [0.1, 0.15) is 5.82 Å². The summed E-state index contributed by atoms with van der Waals surface area (Å²) in [6.45, 7) is 0. The Balaban J connectivity index is 1.08. The molecule has 0 atom stereocenters. The van der Waals surface area contributed by atoms with Crippen molar-refractivity contribution in [1.82, 2.24) is 19.5 Å². The van der Waals surface area contributed by atoms with Crippen molar-refractivity contribution in [2.75, 3.05) is 0 Å². The van der Waals surface area contributed by atoms with E-state index in [1.807, 2.05) is 36.5 Å². The van der Waals surface area contributed by atoms with Gasteiger partial charge in [-0.15, -0.1) is 0 Å². The maximum absolute atomic E-state index is 5.08. The summed E-state index contributed by atoms with van der Waals surface area (Å²) in [6.07, 6.45) is 1.97. The lowest BCUT2D eigenvalue weighted by atomic mass is 9.94. The lowest BCUT2D eigenvalue weighted by Crippen LogP contribution is -1.97. The zero-order valence-corrected chi connectivity index (χ0v) is 25.5. The molecule has 47 heavy (non-hydrogen) atoms. The van der Waals surface area contributed by atoms with Crippen molar-refractivity contribution in [3.05, 3.63) is 170 Å². The van der Waals surface area contributed by atoms with Gasteiger partial charge in [-0.2, -0.15) is 0 Å². The van der Waals surface area contributed by atoms with Gasteiger partial charge in [-0.1, -0.05) is 133 Å². The molecule has 9 rings (SSSR count). The van der Waals surface area contributed by atoms with Crippen LogP contribution in [0.2, 0.25) is 0 Å². The minimum Gasteiger partial charge on any atom is -0.292 e. The van der Waals surface area contributed by atoms with Crippen molar-refractivity contribution in [2.45, 2.75) is 0 Å². The number of fused-ring (bicyclic) bond motifs is 4. The monoisotopic (exact) mass is 600 g/mol. The number of aromatic nitrogens is 4. The number of imidazole rings is 1. The van der Waals surface area contributed by atoms with E-state index in [0.29, 0.717) is 0 Å². The van der Waals surface area contributed by atoms with Crippen LogP contribution in [0.3, 0.4) is 0 Å². The zero-order valence-electron chi connectivity index (χ0n) is 25.5. The van der Waals surface area contributed by atoms with Crippen LogP contribution in [0.4, 0.5) is 0 Å². The molecule has 0 fully saturated rings. The second kappa shape index (κ2) is 11.2. The molecule has 7 aromatic carbocycles. The Bertz CT molecular complexity index is 2530. The van der Waals surface area contributed by atoms with E-state index in [-0.39, 0.29) is 0 Å². The predicted molar refractivity (Wildman–Crippen MR) is 193 cm³/mol. The highest BCUT2D eigenvalue weighted by Crippen LogP contribution is 2.36. The van der Waals surface area contributed by atoms with E-state index in [4.69, 9.17) is 15.0 Å². The predicted octanol–water partition coefficient (Wildman–Crippen LogP) is 10.8. The molecule has 0 amide bonds. The minimum atomic E-state index is 0.735. The Labute approximate surface area is 272 Å². The summed E-state index contributed by atoms with van der Waals surface area (Å²) in [5, 5.41) is 3.33. The first-order valence-electron chi connectivity index (χ1n) is 15.8. The fourth-order valence-corrected chi connectivity index (χ4v) is 6.53. The summed E-state index contributed by atoms with van der Waals surface area (Å²) >= 11 is 0. The average Bonchev–Trinajstić information content (AvgIpc) is 3.55. The quantitative estimate of drug-likeness (QED) is 0.185. The molecule has 0 saturated heterocycles. The van der Waals surface area contributed by atoms with Crippen molar-refractivity contribution in [2.24, 2.45) is 0 Å². The van der Waals surface area contributed by atoms with Gasteiger partial charge in [0.2, 0.25) is 0 Å². The molecule has 2 heterocycles. The van der Waals surface area contributed by atoms with Crippen LogP contribution < -0.4 is 0 Å². The van der Waals surface area contributed by atoms with Gasteiger partial charge in [0.05, 0.1) is 16.6 Å². The molecular weight excluding hydrogens is 573 g/mol. The third-order valence-corrected chi connectivity index (χ3v) is 8.87. The van der Waals surface area contributed by atoms with E-state index in [1.54, 1.807) is 0 Å². The Morgan fingerprint density at radius 1 is 0.447 bits per heavy atom. The smallest absolute Gasteiger partial charge is 0.159 e. The molecule has 0 aliphatic heterocycles. The molecule has 4 nitrogen and oxygen atoms in total. The van der Waals surface area contributed by atoms with Crippen LogP contribution in [0, 0.1) is 0 Å².